The Labute approximate surface area is 168 Å². The molecule has 5 nitrogen and oxygen atoms in total. The van der Waals surface area contributed by atoms with Crippen LogP contribution in [0.1, 0.15) is 38.3 Å². The first-order valence-corrected chi connectivity index (χ1v) is 10.8. The molecule has 3 aromatic heterocycles. The number of hydrogen-bond donors (Lipinski definition) is 0. The minimum absolute atomic E-state index is 0.0552. The van der Waals surface area contributed by atoms with Crippen LogP contribution >= 0.6 is 11.8 Å². The number of para-hydroxylation sites is 1. The SMILES string of the molecule is CCCCCCn1c(SCc2cn3ccccc3n2)nc2ccccc2c1=O. The number of fused-ring (bicyclic) bond motifs is 2. The van der Waals surface area contributed by atoms with Crippen LogP contribution < -0.4 is 5.56 Å². The van der Waals surface area contributed by atoms with E-state index in [2.05, 4.69) is 11.9 Å². The maximum absolute atomic E-state index is 13.1. The quantitative estimate of drug-likeness (QED) is 0.243. The summed E-state index contributed by atoms with van der Waals surface area (Å²) in [5.41, 5.74) is 2.73. The highest BCUT2D eigenvalue weighted by atomic mass is 32.2. The predicted molar refractivity (Wildman–Crippen MR) is 115 cm³/mol. The first kappa shape index (κ1) is 18.7. The van der Waals surface area contributed by atoms with Gasteiger partial charge in [-0.2, -0.15) is 0 Å². The minimum atomic E-state index is 0.0552. The Morgan fingerprint density at radius 1 is 1.00 bits per heavy atom. The molecule has 0 fully saturated rings. The van der Waals surface area contributed by atoms with Gasteiger partial charge in [0.15, 0.2) is 5.16 Å². The summed E-state index contributed by atoms with van der Waals surface area (Å²) in [6, 6.07) is 13.6. The standard InChI is InChI=1S/C22H24N4OS/c1-2-3-4-8-14-26-21(27)18-10-5-6-11-19(18)24-22(26)28-16-17-15-25-13-9-7-12-20(25)23-17/h5-7,9-13,15H,2-4,8,14,16H2,1H3. The number of imidazole rings is 1. The molecule has 1 aromatic carbocycles. The molecule has 0 radical (unpaired) electrons. The lowest BCUT2D eigenvalue weighted by Crippen LogP contribution is -2.23. The van der Waals surface area contributed by atoms with Gasteiger partial charge >= 0.3 is 0 Å². The molecular weight excluding hydrogens is 368 g/mol. The van der Waals surface area contributed by atoms with Crippen LogP contribution in [0.2, 0.25) is 0 Å². The average Bonchev–Trinajstić information content (AvgIpc) is 3.14. The molecule has 0 aliphatic rings. The zero-order valence-corrected chi connectivity index (χ0v) is 16.9. The van der Waals surface area contributed by atoms with E-state index in [4.69, 9.17) is 4.98 Å². The highest BCUT2D eigenvalue weighted by molar-refractivity contribution is 7.98. The fourth-order valence-corrected chi connectivity index (χ4v) is 4.26. The van der Waals surface area contributed by atoms with Crippen LogP contribution in [-0.2, 0) is 12.3 Å². The third kappa shape index (κ3) is 3.97. The van der Waals surface area contributed by atoms with Crippen LogP contribution in [0, 0.1) is 0 Å². The van der Waals surface area contributed by atoms with Crippen LogP contribution in [0.15, 0.2) is 64.8 Å². The number of unbranched alkanes of at least 4 members (excludes halogenated alkanes) is 3. The molecule has 28 heavy (non-hydrogen) atoms. The van der Waals surface area contributed by atoms with Gasteiger partial charge in [0, 0.05) is 24.7 Å². The van der Waals surface area contributed by atoms with Crippen LogP contribution in [0.3, 0.4) is 0 Å². The molecule has 144 valence electrons. The summed E-state index contributed by atoms with van der Waals surface area (Å²) >= 11 is 1.58. The first-order valence-electron chi connectivity index (χ1n) is 9.81. The van der Waals surface area contributed by atoms with Gasteiger partial charge in [-0.1, -0.05) is 56.1 Å². The van der Waals surface area contributed by atoms with Crippen molar-refractivity contribution in [3.63, 3.8) is 0 Å². The lowest BCUT2D eigenvalue weighted by Gasteiger charge is -2.12. The van der Waals surface area contributed by atoms with Gasteiger partial charge in [-0.25, -0.2) is 9.97 Å². The van der Waals surface area contributed by atoms with Gasteiger partial charge in [0.2, 0.25) is 0 Å². The molecule has 6 heteroatoms. The number of pyridine rings is 1. The zero-order valence-electron chi connectivity index (χ0n) is 16.0. The van der Waals surface area contributed by atoms with E-state index in [0.717, 1.165) is 34.9 Å². The maximum Gasteiger partial charge on any atom is 0.262 e. The van der Waals surface area contributed by atoms with Crippen molar-refractivity contribution in [1.29, 1.82) is 0 Å². The third-order valence-electron chi connectivity index (χ3n) is 4.82. The van der Waals surface area contributed by atoms with Crippen molar-refractivity contribution in [2.45, 2.75) is 50.1 Å². The third-order valence-corrected chi connectivity index (χ3v) is 5.83. The molecule has 0 spiro atoms. The topological polar surface area (TPSA) is 52.2 Å². The number of aromatic nitrogens is 4. The molecule has 0 unspecified atom stereocenters. The van der Waals surface area contributed by atoms with E-state index in [1.165, 1.54) is 12.8 Å². The lowest BCUT2D eigenvalue weighted by molar-refractivity contribution is 0.531. The number of benzene rings is 1. The van der Waals surface area contributed by atoms with Crippen molar-refractivity contribution in [3.05, 3.63) is 70.9 Å². The molecule has 0 saturated heterocycles. The van der Waals surface area contributed by atoms with E-state index < -0.39 is 0 Å². The van der Waals surface area contributed by atoms with Crippen molar-refractivity contribution < 1.29 is 0 Å². The van der Waals surface area contributed by atoms with Crippen LogP contribution in [0.5, 0.6) is 0 Å². The van der Waals surface area contributed by atoms with E-state index >= 15 is 0 Å². The fourth-order valence-electron chi connectivity index (χ4n) is 3.35. The first-order chi connectivity index (χ1) is 13.8. The van der Waals surface area contributed by atoms with Gasteiger partial charge in [-0.15, -0.1) is 0 Å². The zero-order chi connectivity index (χ0) is 19.3. The van der Waals surface area contributed by atoms with Crippen molar-refractivity contribution >= 4 is 28.3 Å². The van der Waals surface area contributed by atoms with E-state index in [1.54, 1.807) is 11.8 Å². The molecule has 0 N–H and O–H groups in total. The molecule has 4 aromatic rings. The predicted octanol–water partition coefficient (Wildman–Crippen LogP) is 4.92. The highest BCUT2D eigenvalue weighted by Gasteiger charge is 2.12. The van der Waals surface area contributed by atoms with Gasteiger partial charge in [-0.3, -0.25) is 9.36 Å². The van der Waals surface area contributed by atoms with E-state index in [1.807, 2.05) is 63.8 Å². The summed E-state index contributed by atoms with van der Waals surface area (Å²) in [6.45, 7) is 2.91. The molecule has 4 rings (SSSR count). The van der Waals surface area contributed by atoms with E-state index in [-0.39, 0.29) is 5.56 Å². The Balaban J connectivity index is 1.62. The highest BCUT2D eigenvalue weighted by Crippen LogP contribution is 2.22. The molecule has 0 amide bonds. The molecule has 0 aliphatic carbocycles. The number of thioether (sulfide) groups is 1. The van der Waals surface area contributed by atoms with Gasteiger partial charge in [0.1, 0.15) is 5.65 Å². The second-order valence-corrected chi connectivity index (χ2v) is 7.86. The average molecular weight is 393 g/mol. The Morgan fingerprint density at radius 3 is 2.71 bits per heavy atom. The minimum Gasteiger partial charge on any atom is -0.307 e. The monoisotopic (exact) mass is 392 g/mol. The Bertz CT molecular complexity index is 1120. The Kier molecular flexibility index (Phi) is 5.76. The second-order valence-electron chi connectivity index (χ2n) is 6.92. The second kappa shape index (κ2) is 8.61. The Hall–Kier alpha value is -2.60. The lowest BCUT2D eigenvalue weighted by atomic mass is 10.2. The summed E-state index contributed by atoms with van der Waals surface area (Å²) in [4.78, 5) is 22.5. The maximum atomic E-state index is 13.1. The van der Waals surface area contributed by atoms with Crippen molar-refractivity contribution in [2.75, 3.05) is 0 Å². The van der Waals surface area contributed by atoms with Crippen molar-refractivity contribution in [2.24, 2.45) is 0 Å². The number of rotatable bonds is 8. The van der Waals surface area contributed by atoms with Gasteiger partial charge < -0.3 is 4.40 Å². The van der Waals surface area contributed by atoms with Crippen molar-refractivity contribution in [1.82, 2.24) is 18.9 Å². The molecule has 0 bridgehead atoms. The van der Waals surface area contributed by atoms with E-state index in [0.29, 0.717) is 17.7 Å². The van der Waals surface area contributed by atoms with Crippen LogP contribution in [0.25, 0.3) is 16.6 Å². The molecule has 0 atom stereocenters. The normalized spacial score (nSPS) is 11.5. The number of nitrogens with zero attached hydrogens (tertiary/aromatic N) is 4. The molecule has 0 aliphatic heterocycles. The number of hydrogen-bond acceptors (Lipinski definition) is 4. The smallest absolute Gasteiger partial charge is 0.262 e. The van der Waals surface area contributed by atoms with Crippen LogP contribution in [0.4, 0.5) is 0 Å². The summed E-state index contributed by atoms with van der Waals surface area (Å²) in [5, 5.41) is 1.47. The molecule has 3 heterocycles. The van der Waals surface area contributed by atoms with Crippen LogP contribution in [-0.4, -0.2) is 18.9 Å². The fraction of sp³-hybridized carbons (Fsp3) is 0.318. The van der Waals surface area contributed by atoms with E-state index in [9.17, 15) is 4.79 Å². The molecular formula is C22H24N4OS. The summed E-state index contributed by atoms with van der Waals surface area (Å²) in [6.07, 6.45) is 8.53. The Morgan fingerprint density at radius 2 is 1.86 bits per heavy atom. The summed E-state index contributed by atoms with van der Waals surface area (Å²) in [5.74, 6) is 0.682. The summed E-state index contributed by atoms with van der Waals surface area (Å²) < 4.78 is 3.86. The van der Waals surface area contributed by atoms with Gasteiger partial charge in [0.05, 0.1) is 16.6 Å². The van der Waals surface area contributed by atoms with Crippen molar-refractivity contribution in [3.8, 4) is 0 Å². The van der Waals surface area contributed by atoms with Gasteiger partial charge in [-0.05, 0) is 30.7 Å². The summed E-state index contributed by atoms with van der Waals surface area (Å²) in [7, 11) is 0. The largest absolute Gasteiger partial charge is 0.307 e. The van der Waals surface area contributed by atoms with Gasteiger partial charge in [0.25, 0.3) is 5.56 Å². The molecule has 0 saturated carbocycles.